The van der Waals surface area contributed by atoms with Crippen LogP contribution in [0, 0.1) is 0 Å². The van der Waals surface area contributed by atoms with Crippen LogP contribution in [0.25, 0.3) is 0 Å². The van der Waals surface area contributed by atoms with Gasteiger partial charge in [0.2, 0.25) is 5.91 Å². The van der Waals surface area contributed by atoms with Crippen LogP contribution in [0.1, 0.15) is 26.2 Å². The third-order valence-electron chi connectivity index (χ3n) is 3.68. The molecule has 86 valence electrons. The van der Waals surface area contributed by atoms with Crippen LogP contribution < -0.4 is 5.73 Å². The number of piperidine rings is 1. The van der Waals surface area contributed by atoms with Gasteiger partial charge in [-0.05, 0) is 19.3 Å². The van der Waals surface area contributed by atoms with Crippen LogP contribution in [0.2, 0.25) is 0 Å². The van der Waals surface area contributed by atoms with Crippen molar-refractivity contribution in [3.05, 3.63) is 0 Å². The molecule has 0 spiro atoms. The molecule has 0 aromatic carbocycles. The Balaban J connectivity index is 1.80. The van der Waals surface area contributed by atoms with Gasteiger partial charge in [-0.3, -0.25) is 9.69 Å². The Kier molecular flexibility index (Phi) is 3.26. The Bertz CT molecular complexity index is 236. The molecule has 1 atom stereocenters. The number of nitrogens with zero attached hydrogens (tertiary/aromatic N) is 2. The number of amides is 1. The highest BCUT2D eigenvalue weighted by Crippen LogP contribution is 2.20. The van der Waals surface area contributed by atoms with Gasteiger partial charge in [0.25, 0.3) is 0 Å². The fourth-order valence-electron chi connectivity index (χ4n) is 2.69. The maximum Gasteiger partial charge on any atom is 0.219 e. The van der Waals surface area contributed by atoms with E-state index in [0.717, 1.165) is 45.4 Å². The SMILES string of the molecule is CC(=O)N1CCC(N2CCC(N)C2)CC1. The molecule has 15 heavy (non-hydrogen) atoms. The van der Waals surface area contributed by atoms with E-state index in [0.29, 0.717) is 12.1 Å². The summed E-state index contributed by atoms with van der Waals surface area (Å²) in [6.07, 6.45) is 3.37. The van der Waals surface area contributed by atoms with Crippen molar-refractivity contribution in [3.8, 4) is 0 Å². The summed E-state index contributed by atoms with van der Waals surface area (Å²) in [4.78, 5) is 15.6. The zero-order valence-electron chi connectivity index (χ0n) is 9.48. The largest absolute Gasteiger partial charge is 0.343 e. The first-order valence-corrected chi connectivity index (χ1v) is 5.92. The van der Waals surface area contributed by atoms with Crippen LogP contribution in [-0.4, -0.2) is 54.0 Å². The van der Waals surface area contributed by atoms with Crippen molar-refractivity contribution in [2.24, 2.45) is 5.73 Å². The number of nitrogens with two attached hydrogens (primary N) is 1. The van der Waals surface area contributed by atoms with Gasteiger partial charge in [-0.2, -0.15) is 0 Å². The monoisotopic (exact) mass is 211 g/mol. The minimum atomic E-state index is 0.214. The van der Waals surface area contributed by atoms with E-state index in [2.05, 4.69) is 4.90 Å². The van der Waals surface area contributed by atoms with Crippen molar-refractivity contribution in [3.63, 3.8) is 0 Å². The zero-order chi connectivity index (χ0) is 10.8. The van der Waals surface area contributed by atoms with E-state index >= 15 is 0 Å². The first-order valence-electron chi connectivity index (χ1n) is 5.92. The highest BCUT2D eigenvalue weighted by molar-refractivity contribution is 5.73. The van der Waals surface area contributed by atoms with Gasteiger partial charge < -0.3 is 10.6 Å². The van der Waals surface area contributed by atoms with Crippen molar-refractivity contribution in [1.29, 1.82) is 0 Å². The summed E-state index contributed by atoms with van der Waals surface area (Å²) < 4.78 is 0. The first-order chi connectivity index (χ1) is 7.16. The van der Waals surface area contributed by atoms with Crippen LogP contribution in [0.3, 0.4) is 0 Å². The highest BCUT2D eigenvalue weighted by Gasteiger charge is 2.29. The standard InChI is InChI=1S/C11H21N3O/c1-9(15)13-6-3-11(4-7-13)14-5-2-10(12)8-14/h10-11H,2-8,12H2,1H3. The predicted molar refractivity (Wildman–Crippen MR) is 59.4 cm³/mol. The van der Waals surface area contributed by atoms with Crippen molar-refractivity contribution < 1.29 is 4.79 Å². The molecule has 4 nitrogen and oxygen atoms in total. The van der Waals surface area contributed by atoms with Gasteiger partial charge >= 0.3 is 0 Å². The molecule has 2 aliphatic rings. The maximum absolute atomic E-state index is 11.2. The summed E-state index contributed by atoms with van der Waals surface area (Å²) in [6.45, 7) is 5.69. The predicted octanol–water partition coefficient (Wildman–Crippen LogP) is 0.0303. The number of hydrogen-bond acceptors (Lipinski definition) is 3. The molecule has 0 radical (unpaired) electrons. The second kappa shape index (κ2) is 4.49. The molecule has 0 aromatic rings. The number of carbonyl (C=O) groups excluding carboxylic acids is 1. The molecule has 2 fully saturated rings. The van der Waals surface area contributed by atoms with Gasteiger partial charge in [0.15, 0.2) is 0 Å². The van der Waals surface area contributed by atoms with Crippen LogP contribution in [-0.2, 0) is 4.79 Å². The van der Waals surface area contributed by atoms with E-state index in [4.69, 9.17) is 5.73 Å². The molecule has 2 saturated heterocycles. The quantitative estimate of drug-likeness (QED) is 0.666. The summed E-state index contributed by atoms with van der Waals surface area (Å²) in [6, 6.07) is 1.03. The molecule has 0 bridgehead atoms. The highest BCUT2D eigenvalue weighted by atomic mass is 16.2. The van der Waals surface area contributed by atoms with Crippen molar-refractivity contribution in [2.45, 2.75) is 38.3 Å². The normalized spacial score (nSPS) is 29.7. The van der Waals surface area contributed by atoms with Crippen LogP contribution >= 0.6 is 0 Å². The van der Waals surface area contributed by atoms with Crippen molar-refractivity contribution >= 4 is 5.91 Å². The lowest BCUT2D eigenvalue weighted by molar-refractivity contribution is -0.130. The molecule has 2 heterocycles. The van der Waals surface area contributed by atoms with Gasteiger partial charge in [-0.15, -0.1) is 0 Å². The van der Waals surface area contributed by atoms with E-state index in [9.17, 15) is 4.79 Å². The second-order valence-corrected chi connectivity index (χ2v) is 4.78. The summed E-state index contributed by atoms with van der Waals surface area (Å²) in [5.74, 6) is 0.214. The minimum absolute atomic E-state index is 0.214. The molecule has 2 rings (SSSR count). The zero-order valence-corrected chi connectivity index (χ0v) is 9.48. The molecule has 2 aliphatic heterocycles. The van der Waals surface area contributed by atoms with Crippen molar-refractivity contribution in [2.75, 3.05) is 26.2 Å². The number of hydrogen-bond donors (Lipinski definition) is 1. The van der Waals surface area contributed by atoms with Gasteiger partial charge in [-0.1, -0.05) is 0 Å². The minimum Gasteiger partial charge on any atom is -0.343 e. The third kappa shape index (κ3) is 2.49. The molecule has 1 unspecified atom stereocenters. The van der Waals surface area contributed by atoms with Gasteiger partial charge in [0.05, 0.1) is 0 Å². The fraction of sp³-hybridized carbons (Fsp3) is 0.909. The van der Waals surface area contributed by atoms with Crippen molar-refractivity contribution in [1.82, 2.24) is 9.80 Å². The Morgan fingerprint density at radius 1 is 1.20 bits per heavy atom. The lowest BCUT2D eigenvalue weighted by Gasteiger charge is -2.36. The lowest BCUT2D eigenvalue weighted by Crippen LogP contribution is -2.46. The average molecular weight is 211 g/mol. The summed E-state index contributed by atoms with van der Waals surface area (Å²) in [5, 5.41) is 0. The third-order valence-corrected chi connectivity index (χ3v) is 3.68. The van der Waals surface area contributed by atoms with Crippen LogP contribution in [0.15, 0.2) is 0 Å². The topological polar surface area (TPSA) is 49.6 Å². The Morgan fingerprint density at radius 3 is 2.33 bits per heavy atom. The van der Waals surface area contributed by atoms with E-state index < -0.39 is 0 Å². The fourth-order valence-corrected chi connectivity index (χ4v) is 2.69. The Hall–Kier alpha value is -0.610. The molecule has 0 aromatic heterocycles. The lowest BCUT2D eigenvalue weighted by atomic mass is 10.0. The summed E-state index contributed by atoms with van der Waals surface area (Å²) in [5.41, 5.74) is 5.90. The van der Waals surface area contributed by atoms with Crippen LogP contribution in [0.5, 0.6) is 0 Å². The maximum atomic E-state index is 11.2. The smallest absolute Gasteiger partial charge is 0.219 e. The van der Waals surface area contributed by atoms with Gasteiger partial charge in [-0.25, -0.2) is 0 Å². The molecule has 0 aliphatic carbocycles. The molecular weight excluding hydrogens is 190 g/mol. The number of likely N-dealkylation sites (tertiary alicyclic amines) is 2. The molecule has 1 amide bonds. The molecule has 4 heteroatoms. The Labute approximate surface area is 91.4 Å². The number of carbonyl (C=O) groups is 1. The summed E-state index contributed by atoms with van der Waals surface area (Å²) in [7, 11) is 0. The average Bonchev–Trinajstić information content (AvgIpc) is 2.65. The van der Waals surface area contributed by atoms with E-state index in [-0.39, 0.29) is 5.91 Å². The van der Waals surface area contributed by atoms with Gasteiger partial charge in [0.1, 0.15) is 0 Å². The second-order valence-electron chi connectivity index (χ2n) is 4.78. The van der Waals surface area contributed by atoms with E-state index in [1.807, 2.05) is 4.90 Å². The Morgan fingerprint density at radius 2 is 1.87 bits per heavy atom. The van der Waals surface area contributed by atoms with E-state index in [1.54, 1.807) is 6.92 Å². The van der Waals surface area contributed by atoms with E-state index in [1.165, 1.54) is 0 Å². The first kappa shape index (κ1) is 10.9. The number of rotatable bonds is 1. The summed E-state index contributed by atoms with van der Waals surface area (Å²) >= 11 is 0. The van der Waals surface area contributed by atoms with Crippen LogP contribution in [0.4, 0.5) is 0 Å². The molecular formula is C11H21N3O. The molecule has 0 saturated carbocycles. The van der Waals surface area contributed by atoms with Gasteiger partial charge in [0, 0.05) is 45.2 Å². The molecule has 2 N–H and O–H groups in total.